The number of anilines is 2. The number of nitrogens with two attached hydrogens (primary N) is 1. The van der Waals surface area contributed by atoms with Gasteiger partial charge in [0, 0.05) is 11.5 Å². The van der Waals surface area contributed by atoms with Crippen molar-refractivity contribution in [1.29, 1.82) is 0 Å². The number of nitrogens with zero attached hydrogens (tertiary/aromatic N) is 1. The Kier molecular flexibility index (Phi) is 4.93. The summed E-state index contributed by atoms with van der Waals surface area (Å²) in [5, 5.41) is 5.33. The summed E-state index contributed by atoms with van der Waals surface area (Å²) in [5.74, 6) is -1.12. The van der Waals surface area contributed by atoms with E-state index in [4.69, 9.17) is 10.5 Å². The molecule has 0 saturated heterocycles. The van der Waals surface area contributed by atoms with E-state index in [0.717, 1.165) is 0 Å². The summed E-state index contributed by atoms with van der Waals surface area (Å²) >= 11 is 0. The molecule has 5 N–H and O–H groups in total. The molecule has 2 atom stereocenters. The SMILES string of the molecule is COc1ccc(C2c3c(nc(N)[nH]c3=O)NC(=O)C2NC(=O)c2ccccc2)cc1. The highest BCUT2D eigenvalue weighted by molar-refractivity contribution is 6.03. The second-order valence-electron chi connectivity index (χ2n) is 6.77. The minimum Gasteiger partial charge on any atom is -0.497 e. The van der Waals surface area contributed by atoms with Crippen LogP contribution >= 0.6 is 0 Å². The van der Waals surface area contributed by atoms with Crippen LogP contribution in [0.1, 0.15) is 27.4 Å². The Bertz CT molecular complexity index is 1160. The van der Waals surface area contributed by atoms with Gasteiger partial charge >= 0.3 is 0 Å². The van der Waals surface area contributed by atoms with Crippen LogP contribution in [0.25, 0.3) is 0 Å². The van der Waals surface area contributed by atoms with Gasteiger partial charge in [0.2, 0.25) is 11.9 Å². The van der Waals surface area contributed by atoms with Crippen LogP contribution in [0.15, 0.2) is 59.4 Å². The van der Waals surface area contributed by atoms with Crippen molar-refractivity contribution in [3.8, 4) is 5.75 Å². The summed E-state index contributed by atoms with van der Waals surface area (Å²) in [7, 11) is 1.54. The normalized spacial score (nSPS) is 17.6. The second-order valence-corrected chi connectivity index (χ2v) is 6.77. The number of hydrogen-bond acceptors (Lipinski definition) is 6. The molecule has 30 heavy (non-hydrogen) atoms. The smallest absolute Gasteiger partial charge is 0.258 e. The van der Waals surface area contributed by atoms with Crippen molar-refractivity contribution in [3.05, 3.63) is 81.6 Å². The first-order valence-corrected chi connectivity index (χ1v) is 9.18. The summed E-state index contributed by atoms with van der Waals surface area (Å²) in [6.45, 7) is 0. The molecule has 0 radical (unpaired) electrons. The zero-order valence-corrected chi connectivity index (χ0v) is 16.0. The lowest BCUT2D eigenvalue weighted by Crippen LogP contribution is -2.52. The first kappa shape index (κ1) is 19.2. The van der Waals surface area contributed by atoms with Gasteiger partial charge in [0.1, 0.15) is 17.6 Å². The van der Waals surface area contributed by atoms with Crippen molar-refractivity contribution in [3.63, 3.8) is 0 Å². The third-order valence-electron chi connectivity index (χ3n) is 4.94. The predicted molar refractivity (Wildman–Crippen MR) is 110 cm³/mol. The van der Waals surface area contributed by atoms with E-state index in [1.165, 1.54) is 0 Å². The van der Waals surface area contributed by atoms with Crippen molar-refractivity contribution in [1.82, 2.24) is 15.3 Å². The Balaban J connectivity index is 1.81. The van der Waals surface area contributed by atoms with E-state index < -0.39 is 29.3 Å². The molecule has 0 saturated carbocycles. The molecule has 4 rings (SSSR count). The van der Waals surface area contributed by atoms with Crippen LogP contribution in [0.5, 0.6) is 5.75 Å². The minimum absolute atomic E-state index is 0.0762. The topological polar surface area (TPSA) is 139 Å². The van der Waals surface area contributed by atoms with Crippen molar-refractivity contribution in [2.75, 3.05) is 18.2 Å². The van der Waals surface area contributed by atoms with Gasteiger partial charge in [-0.15, -0.1) is 0 Å². The van der Waals surface area contributed by atoms with Gasteiger partial charge in [0.05, 0.1) is 12.7 Å². The number of methoxy groups -OCH3 is 1. The molecular weight excluding hydrogens is 386 g/mol. The Morgan fingerprint density at radius 2 is 1.80 bits per heavy atom. The fraction of sp³-hybridized carbons (Fsp3) is 0.143. The molecule has 2 aromatic carbocycles. The molecule has 2 unspecified atom stereocenters. The number of nitrogen functional groups attached to an aromatic ring is 1. The third-order valence-corrected chi connectivity index (χ3v) is 4.94. The number of aromatic nitrogens is 2. The van der Waals surface area contributed by atoms with Crippen LogP contribution in [0.4, 0.5) is 11.8 Å². The summed E-state index contributed by atoms with van der Waals surface area (Å²) in [6.07, 6.45) is 0. The van der Waals surface area contributed by atoms with Gasteiger partial charge in [-0.2, -0.15) is 4.98 Å². The molecule has 0 fully saturated rings. The molecule has 2 heterocycles. The van der Waals surface area contributed by atoms with E-state index in [0.29, 0.717) is 16.9 Å². The Hall–Kier alpha value is -4.14. The lowest BCUT2D eigenvalue weighted by molar-refractivity contribution is -0.118. The number of amides is 2. The van der Waals surface area contributed by atoms with E-state index in [9.17, 15) is 14.4 Å². The van der Waals surface area contributed by atoms with E-state index in [1.54, 1.807) is 61.7 Å². The molecule has 1 aromatic heterocycles. The minimum atomic E-state index is -1.04. The van der Waals surface area contributed by atoms with E-state index in [2.05, 4.69) is 20.6 Å². The number of nitrogens with one attached hydrogen (secondary N) is 3. The second kappa shape index (κ2) is 7.70. The van der Waals surface area contributed by atoms with Crippen LogP contribution in [-0.2, 0) is 4.79 Å². The maximum Gasteiger partial charge on any atom is 0.258 e. The molecule has 0 spiro atoms. The molecule has 0 aliphatic carbocycles. The van der Waals surface area contributed by atoms with Gasteiger partial charge in [0.15, 0.2) is 0 Å². The molecule has 0 bridgehead atoms. The predicted octanol–water partition coefficient (Wildman–Crippen LogP) is 1.24. The number of hydrogen-bond donors (Lipinski definition) is 4. The first-order chi connectivity index (χ1) is 14.5. The third kappa shape index (κ3) is 3.48. The van der Waals surface area contributed by atoms with Crippen molar-refractivity contribution in [2.24, 2.45) is 0 Å². The molecule has 3 aromatic rings. The number of carbonyl (C=O) groups is 2. The summed E-state index contributed by atoms with van der Waals surface area (Å²) < 4.78 is 5.19. The van der Waals surface area contributed by atoms with Gasteiger partial charge < -0.3 is 21.1 Å². The van der Waals surface area contributed by atoms with E-state index >= 15 is 0 Å². The fourth-order valence-electron chi connectivity index (χ4n) is 3.53. The van der Waals surface area contributed by atoms with Crippen LogP contribution in [-0.4, -0.2) is 34.9 Å². The Morgan fingerprint density at radius 3 is 2.47 bits per heavy atom. The van der Waals surface area contributed by atoms with Gasteiger partial charge in [-0.3, -0.25) is 19.4 Å². The van der Waals surface area contributed by atoms with Crippen molar-refractivity contribution >= 4 is 23.6 Å². The molecule has 152 valence electrons. The number of benzene rings is 2. The van der Waals surface area contributed by atoms with Gasteiger partial charge in [-0.05, 0) is 29.8 Å². The average Bonchev–Trinajstić information content (AvgIpc) is 2.75. The maximum absolute atomic E-state index is 12.9. The van der Waals surface area contributed by atoms with E-state index in [-0.39, 0.29) is 17.3 Å². The van der Waals surface area contributed by atoms with Crippen molar-refractivity contribution < 1.29 is 14.3 Å². The molecule has 9 heteroatoms. The summed E-state index contributed by atoms with van der Waals surface area (Å²) in [5.41, 5.74) is 6.40. The Labute approximate surface area is 171 Å². The lowest BCUT2D eigenvalue weighted by atomic mass is 9.82. The van der Waals surface area contributed by atoms with Crippen LogP contribution in [0.2, 0.25) is 0 Å². The zero-order chi connectivity index (χ0) is 21.3. The summed E-state index contributed by atoms with van der Waals surface area (Å²) in [4.78, 5) is 44.9. The van der Waals surface area contributed by atoms with Gasteiger partial charge in [-0.25, -0.2) is 0 Å². The Morgan fingerprint density at radius 1 is 1.10 bits per heavy atom. The number of rotatable bonds is 4. The largest absolute Gasteiger partial charge is 0.497 e. The van der Waals surface area contributed by atoms with Crippen molar-refractivity contribution in [2.45, 2.75) is 12.0 Å². The number of carbonyl (C=O) groups excluding carboxylic acids is 2. The standard InChI is InChI=1S/C21H19N5O4/c1-30-13-9-7-11(8-10-13)14-15-17(25-21(22)26-19(15)28)24-20(29)16(14)23-18(27)12-5-3-2-4-6-12/h2-10,14,16H,1H3,(H,23,27)(H4,22,24,25,26,28,29). The molecule has 2 amide bonds. The van der Waals surface area contributed by atoms with Crippen LogP contribution in [0.3, 0.4) is 0 Å². The zero-order valence-electron chi connectivity index (χ0n) is 16.0. The van der Waals surface area contributed by atoms with Crippen LogP contribution in [0, 0.1) is 0 Å². The van der Waals surface area contributed by atoms with E-state index in [1.807, 2.05) is 0 Å². The lowest BCUT2D eigenvalue weighted by Gasteiger charge is -2.32. The number of aromatic amines is 1. The maximum atomic E-state index is 12.9. The number of fused-ring (bicyclic) bond motifs is 1. The van der Waals surface area contributed by atoms with Gasteiger partial charge in [-0.1, -0.05) is 30.3 Å². The summed E-state index contributed by atoms with van der Waals surface area (Å²) in [6, 6.07) is 14.4. The highest BCUT2D eigenvalue weighted by Crippen LogP contribution is 2.35. The quantitative estimate of drug-likeness (QED) is 0.515. The highest BCUT2D eigenvalue weighted by atomic mass is 16.5. The molecule has 1 aliphatic heterocycles. The number of ether oxygens (including phenoxy) is 1. The average molecular weight is 405 g/mol. The number of H-pyrrole nitrogens is 1. The fourth-order valence-corrected chi connectivity index (χ4v) is 3.53. The first-order valence-electron chi connectivity index (χ1n) is 9.18. The van der Waals surface area contributed by atoms with Crippen LogP contribution < -0.4 is 26.7 Å². The highest BCUT2D eigenvalue weighted by Gasteiger charge is 2.40. The molecule has 9 nitrogen and oxygen atoms in total. The molecular formula is C21H19N5O4. The monoisotopic (exact) mass is 405 g/mol. The van der Waals surface area contributed by atoms with Gasteiger partial charge in [0.25, 0.3) is 11.5 Å². The molecule has 1 aliphatic rings.